The molecular weight excluding hydrogens is 503 g/mol. The maximum Gasteiger partial charge on any atom is 0.416 e. The van der Waals surface area contributed by atoms with E-state index in [9.17, 15) is 50.9 Å². The molecular formula is C18H16F3N5O8S. The van der Waals surface area contributed by atoms with Crippen LogP contribution in [0.3, 0.4) is 0 Å². The number of alkyl halides is 3. The molecule has 1 saturated heterocycles. The number of hydrogen-bond acceptors (Lipinski definition) is 8. The van der Waals surface area contributed by atoms with Gasteiger partial charge in [-0.05, 0) is 19.1 Å². The molecule has 1 N–H and O–H groups in total. The molecule has 1 aliphatic rings. The van der Waals surface area contributed by atoms with E-state index in [1.165, 1.54) is 6.92 Å². The van der Waals surface area contributed by atoms with Gasteiger partial charge in [0, 0.05) is 24.4 Å². The van der Waals surface area contributed by atoms with E-state index in [1.54, 1.807) is 0 Å². The van der Waals surface area contributed by atoms with Crippen LogP contribution in [0, 0.1) is 17.0 Å². The van der Waals surface area contributed by atoms with Crippen molar-refractivity contribution in [1.29, 1.82) is 0 Å². The summed E-state index contributed by atoms with van der Waals surface area (Å²) in [5, 5.41) is 11.3. The van der Waals surface area contributed by atoms with Crippen LogP contribution in [0.25, 0.3) is 0 Å². The Morgan fingerprint density at radius 3 is 2.43 bits per heavy atom. The number of aryl methyl sites for hydroxylation is 1. The molecule has 13 nitrogen and oxygen atoms in total. The van der Waals surface area contributed by atoms with E-state index in [4.69, 9.17) is 0 Å². The third kappa shape index (κ3) is 5.08. The minimum atomic E-state index is -4.97. The van der Waals surface area contributed by atoms with E-state index in [0.29, 0.717) is 12.1 Å². The Bertz CT molecular complexity index is 1450. The second-order valence-electron chi connectivity index (χ2n) is 7.42. The Morgan fingerprint density at radius 2 is 1.86 bits per heavy atom. The van der Waals surface area contributed by atoms with Crippen LogP contribution >= 0.6 is 0 Å². The van der Waals surface area contributed by atoms with Gasteiger partial charge in [0.05, 0.1) is 17.0 Å². The van der Waals surface area contributed by atoms with Gasteiger partial charge >= 0.3 is 11.9 Å². The van der Waals surface area contributed by atoms with E-state index in [-0.39, 0.29) is 22.5 Å². The average Bonchev–Trinajstić information content (AvgIpc) is 2.76. The van der Waals surface area contributed by atoms with Gasteiger partial charge in [-0.15, -0.1) is 0 Å². The number of amides is 2. The lowest BCUT2D eigenvalue weighted by Gasteiger charge is -2.33. The molecule has 0 aliphatic carbocycles. The molecule has 0 spiro atoms. The molecule has 0 saturated carbocycles. The number of nitrogens with one attached hydrogen (secondary N) is 1. The standard InChI is InChI=1S/C18H16F3N5O8S/c1-10-7-24(17(30)22-16(10)29)8-14(27)23-4-5-25(15(28)9-23)35(33,34)13-3-2-11(18(19,20)21)6-12(13)26(31)32/h2-3,6-7H,4-5,8-9H2,1H3,(H,22,29,30). The highest BCUT2D eigenvalue weighted by Gasteiger charge is 2.41. The number of nitrogens with zero attached hydrogens (tertiary/aromatic N) is 4. The number of halogens is 3. The van der Waals surface area contributed by atoms with Crippen molar-refractivity contribution in [1.82, 2.24) is 18.8 Å². The number of piperazine rings is 1. The van der Waals surface area contributed by atoms with Crippen molar-refractivity contribution in [2.75, 3.05) is 19.6 Å². The van der Waals surface area contributed by atoms with Gasteiger partial charge in [0.2, 0.25) is 5.91 Å². The lowest BCUT2D eigenvalue weighted by Crippen LogP contribution is -2.54. The van der Waals surface area contributed by atoms with Gasteiger partial charge in [-0.3, -0.25) is 34.0 Å². The molecule has 2 amide bonds. The van der Waals surface area contributed by atoms with E-state index in [0.717, 1.165) is 15.7 Å². The summed E-state index contributed by atoms with van der Waals surface area (Å²) in [4.78, 5) is 60.1. The molecule has 35 heavy (non-hydrogen) atoms. The maximum atomic E-state index is 12.9. The number of aromatic nitrogens is 2. The van der Waals surface area contributed by atoms with E-state index >= 15 is 0 Å². The molecule has 1 aromatic heterocycles. The Labute approximate surface area is 193 Å². The van der Waals surface area contributed by atoms with Gasteiger partial charge in [-0.25, -0.2) is 17.5 Å². The highest BCUT2D eigenvalue weighted by molar-refractivity contribution is 7.89. The monoisotopic (exact) mass is 519 g/mol. The number of nitro groups is 1. The first-order valence-corrected chi connectivity index (χ1v) is 11.1. The fourth-order valence-electron chi connectivity index (χ4n) is 3.28. The van der Waals surface area contributed by atoms with Gasteiger partial charge in [-0.1, -0.05) is 0 Å². The van der Waals surface area contributed by atoms with Crippen LogP contribution in [0.1, 0.15) is 11.1 Å². The molecule has 188 valence electrons. The van der Waals surface area contributed by atoms with Crippen molar-refractivity contribution in [2.24, 2.45) is 0 Å². The first kappa shape index (κ1) is 25.6. The summed E-state index contributed by atoms with van der Waals surface area (Å²) in [6, 6.07) is 0.793. The molecule has 2 aromatic rings. The van der Waals surface area contributed by atoms with Crippen LogP contribution in [0.15, 0.2) is 38.9 Å². The minimum absolute atomic E-state index is 0.0566. The Balaban J connectivity index is 1.83. The molecule has 0 bridgehead atoms. The summed E-state index contributed by atoms with van der Waals surface area (Å²) in [7, 11) is -4.93. The van der Waals surface area contributed by atoms with Crippen molar-refractivity contribution >= 4 is 27.5 Å². The highest BCUT2D eigenvalue weighted by Crippen LogP contribution is 2.35. The fraction of sp³-hybridized carbons (Fsp3) is 0.333. The molecule has 0 atom stereocenters. The van der Waals surface area contributed by atoms with Gasteiger partial charge < -0.3 is 4.90 Å². The summed E-state index contributed by atoms with van der Waals surface area (Å²) >= 11 is 0. The van der Waals surface area contributed by atoms with Crippen molar-refractivity contribution in [2.45, 2.75) is 24.5 Å². The predicted molar refractivity (Wildman–Crippen MR) is 110 cm³/mol. The number of benzene rings is 1. The molecule has 1 fully saturated rings. The normalized spacial score (nSPS) is 14.8. The van der Waals surface area contributed by atoms with Crippen molar-refractivity contribution in [3.05, 3.63) is 66.5 Å². The van der Waals surface area contributed by atoms with E-state index in [2.05, 4.69) is 0 Å². The van der Waals surface area contributed by atoms with Crippen LogP contribution in [0.2, 0.25) is 0 Å². The number of aromatic amines is 1. The highest BCUT2D eigenvalue weighted by atomic mass is 32.2. The molecule has 17 heteroatoms. The number of carbonyl (C=O) groups excluding carboxylic acids is 2. The third-order valence-electron chi connectivity index (χ3n) is 5.08. The number of H-pyrrole nitrogens is 1. The predicted octanol–water partition coefficient (Wildman–Crippen LogP) is -0.168. The summed E-state index contributed by atoms with van der Waals surface area (Å²) in [6.45, 7) is -0.933. The Kier molecular flexibility index (Phi) is 6.56. The molecule has 2 heterocycles. The summed E-state index contributed by atoms with van der Waals surface area (Å²) in [5.41, 5.74) is -4.19. The number of rotatable bonds is 5. The second-order valence-corrected chi connectivity index (χ2v) is 9.25. The lowest BCUT2D eigenvalue weighted by molar-refractivity contribution is -0.388. The number of carbonyl (C=O) groups is 2. The van der Waals surface area contributed by atoms with Gasteiger partial charge in [-0.2, -0.15) is 13.2 Å². The number of nitro benzene ring substituents is 1. The summed E-state index contributed by atoms with van der Waals surface area (Å²) < 4.78 is 65.6. The first-order chi connectivity index (χ1) is 16.1. The zero-order chi connectivity index (χ0) is 26.3. The van der Waals surface area contributed by atoms with Crippen LogP contribution < -0.4 is 11.2 Å². The summed E-state index contributed by atoms with van der Waals surface area (Å²) in [6.07, 6.45) is -3.84. The maximum absolute atomic E-state index is 12.9. The smallest absolute Gasteiger partial charge is 0.330 e. The van der Waals surface area contributed by atoms with E-state index < -0.39 is 80.0 Å². The van der Waals surface area contributed by atoms with Crippen molar-refractivity contribution < 1.29 is 36.1 Å². The van der Waals surface area contributed by atoms with Gasteiger partial charge in [0.25, 0.3) is 27.2 Å². The molecule has 0 unspecified atom stereocenters. The second kappa shape index (κ2) is 8.97. The Morgan fingerprint density at radius 1 is 1.20 bits per heavy atom. The van der Waals surface area contributed by atoms with Crippen LogP contribution in [-0.2, 0) is 32.3 Å². The quantitative estimate of drug-likeness (QED) is 0.419. The largest absolute Gasteiger partial charge is 0.416 e. The topological polar surface area (TPSA) is 173 Å². The molecule has 0 radical (unpaired) electrons. The Hall–Kier alpha value is -4.02. The third-order valence-corrected chi connectivity index (χ3v) is 6.94. The van der Waals surface area contributed by atoms with Crippen molar-refractivity contribution in [3.63, 3.8) is 0 Å². The van der Waals surface area contributed by atoms with Gasteiger partial charge in [0.1, 0.15) is 13.1 Å². The summed E-state index contributed by atoms with van der Waals surface area (Å²) in [5.74, 6) is -1.92. The van der Waals surface area contributed by atoms with Crippen LogP contribution in [0.4, 0.5) is 18.9 Å². The number of sulfonamides is 1. The van der Waals surface area contributed by atoms with Crippen molar-refractivity contribution in [3.8, 4) is 0 Å². The lowest BCUT2D eigenvalue weighted by atomic mass is 10.2. The number of hydrogen-bond donors (Lipinski definition) is 1. The van der Waals surface area contributed by atoms with E-state index in [1.807, 2.05) is 4.98 Å². The fourth-order valence-corrected chi connectivity index (χ4v) is 4.80. The van der Waals surface area contributed by atoms with Crippen LogP contribution in [-0.4, -0.2) is 63.5 Å². The zero-order valence-electron chi connectivity index (χ0n) is 17.7. The molecule has 3 rings (SSSR count). The van der Waals surface area contributed by atoms with Gasteiger partial charge in [0.15, 0.2) is 4.90 Å². The average molecular weight is 519 g/mol. The minimum Gasteiger partial charge on any atom is -0.330 e. The van der Waals surface area contributed by atoms with Crippen LogP contribution in [0.5, 0.6) is 0 Å². The zero-order valence-corrected chi connectivity index (χ0v) is 18.6. The SMILES string of the molecule is Cc1cn(CC(=O)N2CCN(S(=O)(=O)c3ccc(C(F)(F)F)cc3[N+](=O)[O-])C(=O)C2)c(=O)[nH]c1=O. The molecule has 1 aromatic carbocycles. The molecule has 1 aliphatic heterocycles. The first-order valence-electron chi connectivity index (χ1n) is 9.62.